The van der Waals surface area contributed by atoms with Crippen LogP contribution in [0.2, 0.25) is 0 Å². The smallest absolute Gasteiger partial charge is 0.265 e. The second-order valence-corrected chi connectivity index (χ2v) is 4.50. The summed E-state index contributed by atoms with van der Waals surface area (Å²) in [5, 5.41) is 6.58. The van der Waals surface area contributed by atoms with Crippen LogP contribution in [0.1, 0.15) is 16.6 Å². The number of halogens is 1. The zero-order chi connectivity index (χ0) is 12.1. The molecule has 4 N–H and O–H groups in total. The molecule has 1 rings (SSSR count). The number of nitrogens with one attached hydrogen (secondary N) is 2. The molecule has 1 aromatic heterocycles. The van der Waals surface area contributed by atoms with E-state index in [0.717, 1.165) is 6.54 Å². The van der Waals surface area contributed by atoms with E-state index in [-0.39, 0.29) is 18.3 Å². The molecular formula is C9H13ClN4OS. The van der Waals surface area contributed by atoms with E-state index < -0.39 is 0 Å². The van der Waals surface area contributed by atoms with Crippen LogP contribution in [0, 0.1) is 0 Å². The van der Waals surface area contributed by atoms with Crippen LogP contribution in [0.4, 0.5) is 10.9 Å². The average molecular weight is 261 g/mol. The lowest BCUT2D eigenvalue weighted by molar-refractivity contribution is 0.0962. The highest BCUT2D eigenvalue weighted by molar-refractivity contribution is 7.18. The fourth-order valence-electron chi connectivity index (χ4n) is 0.978. The summed E-state index contributed by atoms with van der Waals surface area (Å²) in [4.78, 5) is 16.0. The Morgan fingerprint density at radius 2 is 2.38 bits per heavy atom. The van der Waals surface area contributed by atoms with E-state index in [4.69, 9.17) is 17.3 Å². The monoisotopic (exact) mass is 260 g/mol. The van der Waals surface area contributed by atoms with Gasteiger partial charge in [0, 0.05) is 11.6 Å². The van der Waals surface area contributed by atoms with Gasteiger partial charge >= 0.3 is 0 Å². The van der Waals surface area contributed by atoms with Gasteiger partial charge in [0.2, 0.25) is 0 Å². The summed E-state index contributed by atoms with van der Waals surface area (Å²) in [7, 11) is 0. The van der Waals surface area contributed by atoms with Crippen LogP contribution in [0.3, 0.4) is 0 Å². The third-order valence-electron chi connectivity index (χ3n) is 1.63. The third kappa shape index (κ3) is 3.39. The molecule has 0 aliphatic carbocycles. The number of nitrogens with zero attached hydrogens (tertiary/aromatic N) is 1. The van der Waals surface area contributed by atoms with Gasteiger partial charge < -0.3 is 16.4 Å². The standard InChI is InChI=1S/C9H13ClN4OS/c1-3-12-9-14-7(11)6(16-9)8(15)13-4-5(2)10/h2-4,11H2,1H3,(H,12,14)(H,13,15). The minimum atomic E-state index is -0.291. The fraction of sp³-hybridized carbons (Fsp3) is 0.333. The van der Waals surface area contributed by atoms with Crippen molar-refractivity contribution in [3.63, 3.8) is 0 Å². The Bertz CT molecular complexity index is 404. The predicted molar refractivity (Wildman–Crippen MR) is 68.0 cm³/mol. The van der Waals surface area contributed by atoms with E-state index >= 15 is 0 Å². The van der Waals surface area contributed by atoms with Crippen molar-refractivity contribution in [1.82, 2.24) is 10.3 Å². The van der Waals surface area contributed by atoms with Gasteiger partial charge in [0.25, 0.3) is 5.91 Å². The molecule has 0 aromatic carbocycles. The molecule has 0 fully saturated rings. The van der Waals surface area contributed by atoms with Crippen molar-refractivity contribution in [3.8, 4) is 0 Å². The molecular weight excluding hydrogens is 248 g/mol. The molecule has 0 saturated carbocycles. The SMILES string of the molecule is C=C(Cl)CNC(=O)c1sc(NCC)nc1N. The Labute approximate surface area is 103 Å². The highest BCUT2D eigenvalue weighted by Gasteiger charge is 2.15. The molecule has 0 bridgehead atoms. The summed E-state index contributed by atoms with van der Waals surface area (Å²) in [6, 6.07) is 0. The summed E-state index contributed by atoms with van der Waals surface area (Å²) >= 11 is 6.75. The fourth-order valence-corrected chi connectivity index (χ4v) is 1.91. The summed E-state index contributed by atoms with van der Waals surface area (Å²) in [5.41, 5.74) is 5.62. The number of carbonyl (C=O) groups excluding carboxylic acids is 1. The average Bonchev–Trinajstić information content (AvgIpc) is 2.56. The van der Waals surface area contributed by atoms with Gasteiger partial charge in [0.05, 0.1) is 6.54 Å². The molecule has 0 saturated heterocycles. The van der Waals surface area contributed by atoms with Crippen molar-refractivity contribution in [3.05, 3.63) is 16.5 Å². The maximum Gasteiger partial charge on any atom is 0.265 e. The predicted octanol–water partition coefficient (Wildman–Crippen LogP) is 1.64. The number of nitrogens with two attached hydrogens (primary N) is 1. The van der Waals surface area contributed by atoms with E-state index in [2.05, 4.69) is 22.2 Å². The molecule has 0 radical (unpaired) electrons. The molecule has 0 aliphatic rings. The van der Waals surface area contributed by atoms with E-state index in [1.54, 1.807) is 0 Å². The largest absolute Gasteiger partial charge is 0.382 e. The number of hydrogen-bond acceptors (Lipinski definition) is 5. The zero-order valence-corrected chi connectivity index (χ0v) is 10.4. The second kappa shape index (κ2) is 5.72. The van der Waals surface area contributed by atoms with Crippen LogP contribution in [0.15, 0.2) is 11.6 Å². The molecule has 16 heavy (non-hydrogen) atoms. The minimum absolute atomic E-state index is 0.217. The zero-order valence-electron chi connectivity index (χ0n) is 8.84. The maximum absolute atomic E-state index is 11.6. The van der Waals surface area contributed by atoms with Gasteiger partial charge in [-0.15, -0.1) is 0 Å². The number of hydrogen-bond donors (Lipinski definition) is 3. The van der Waals surface area contributed by atoms with Crippen LogP contribution in [0.5, 0.6) is 0 Å². The summed E-state index contributed by atoms with van der Waals surface area (Å²) in [6.07, 6.45) is 0. The molecule has 0 unspecified atom stereocenters. The van der Waals surface area contributed by atoms with Crippen LogP contribution in [-0.2, 0) is 0 Å². The van der Waals surface area contributed by atoms with E-state index in [1.807, 2.05) is 6.92 Å². The van der Waals surface area contributed by atoms with Crippen molar-refractivity contribution < 1.29 is 4.79 Å². The molecule has 1 heterocycles. The molecule has 1 aromatic rings. The molecule has 1 amide bonds. The first-order valence-electron chi connectivity index (χ1n) is 4.66. The van der Waals surface area contributed by atoms with Crippen LogP contribution in [0.25, 0.3) is 0 Å². The summed E-state index contributed by atoms with van der Waals surface area (Å²) < 4.78 is 0. The van der Waals surface area contributed by atoms with Crippen molar-refractivity contribution in [2.75, 3.05) is 24.1 Å². The molecule has 0 aliphatic heterocycles. The summed E-state index contributed by atoms with van der Waals surface area (Å²) in [5.74, 6) is -0.0698. The van der Waals surface area contributed by atoms with Crippen molar-refractivity contribution in [1.29, 1.82) is 0 Å². The van der Waals surface area contributed by atoms with Crippen LogP contribution >= 0.6 is 22.9 Å². The first kappa shape index (κ1) is 12.8. The van der Waals surface area contributed by atoms with Crippen molar-refractivity contribution in [2.45, 2.75) is 6.92 Å². The Kier molecular flexibility index (Phi) is 4.57. The molecule has 5 nitrogen and oxygen atoms in total. The number of rotatable bonds is 5. The Morgan fingerprint density at radius 1 is 1.69 bits per heavy atom. The summed E-state index contributed by atoms with van der Waals surface area (Å²) in [6.45, 7) is 6.36. The molecule has 7 heteroatoms. The first-order chi connectivity index (χ1) is 7.54. The normalized spacial score (nSPS) is 9.88. The highest BCUT2D eigenvalue weighted by atomic mass is 35.5. The van der Waals surface area contributed by atoms with Crippen molar-refractivity contribution in [2.24, 2.45) is 0 Å². The number of aromatic nitrogens is 1. The number of amides is 1. The van der Waals surface area contributed by atoms with E-state index in [0.29, 0.717) is 15.0 Å². The minimum Gasteiger partial charge on any atom is -0.382 e. The molecule has 0 spiro atoms. The van der Waals surface area contributed by atoms with Gasteiger partial charge in [-0.1, -0.05) is 29.5 Å². The lowest BCUT2D eigenvalue weighted by atomic mass is 10.4. The molecule has 0 atom stereocenters. The van der Waals surface area contributed by atoms with E-state index in [1.165, 1.54) is 11.3 Å². The Hall–Kier alpha value is -1.27. The van der Waals surface area contributed by atoms with Gasteiger partial charge in [0.1, 0.15) is 10.7 Å². The lowest BCUT2D eigenvalue weighted by Gasteiger charge is -2.01. The highest BCUT2D eigenvalue weighted by Crippen LogP contribution is 2.24. The number of carbonyl (C=O) groups is 1. The number of thiazole rings is 1. The first-order valence-corrected chi connectivity index (χ1v) is 5.85. The van der Waals surface area contributed by atoms with E-state index in [9.17, 15) is 4.79 Å². The van der Waals surface area contributed by atoms with Gasteiger partial charge in [-0.05, 0) is 6.92 Å². The van der Waals surface area contributed by atoms with Gasteiger partial charge in [-0.3, -0.25) is 4.79 Å². The maximum atomic E-state index is 11.6. The number of nitrogen functional groups attached to an aromatic ring is 1. The van der Waals surface area contributed by atoms with Gasteiger partial charge in [-0.25, -0.2) is 4.98 Å². The van der Waals surface area contributed by atoms with Crippen molar-refractivity contribution >= 4 is 39.8 Å². The van der Waals surface area contributed by atoms with Crippen LogP contribution in [-0.4, -0.2) is 24.0 Å². The number of anilines is 2. The molecule has 88 valence electrons. The van der Waals surface area contributed by atoms with Gasteiger partial charge in [0.15, 0.2) is 5.13 Å². The second-order valence-electron chi connectivity index (χ2n) is 2.96. The quantitative estimate of drug-likeness (QED) is 0.752. The van der Waals surface area contributed by atoms with Crippen LogP contribution < -0.4 is 16.4 Å². The Morgan fingerprint density at radius 3 is 2.94 bits per heavy atom. The van der Waals surface area contributed by atoms with Gasteiger partial charge in [-0.2, -0.15) is 0 Å². The third-order valence-corrected chi connectivity index (χ3v) is 2.79. The topological polar surface area (TPSA) is 80.0 Å². The lowest BCUT2D eigenvalue weighted by Crippen LogP contribution is -2.24. The Balaban J connectivity index is 2.71.